The van der Waals surface area contributed by atoms with Gasteiger partial charge in [0.15, 0.2) is 0 Å². The van der Waals surface area contributed by atoms with E-state index < -0.39 is 0 Å². The molecule has 0 aliphatic carbocycles. The van der Waals surface area contributed by atoms with E-state index in [0.29, 0.717) is 14.8 Å². The van der Waals surface area contributed by atoms with Gasteiger partial charge >= 0.3 is 0 Å². The van der Waals surface area contributed by atoms with Crippen molar-refractivity contribution >= 4 is 35.5 Å². The average molecular weight is 184 g/mol. The lowest BCUT2D eigenvalue weighted by Gasteiger charge is -1.88. The average Bonchev–Trinajstić information content (AvgIpc) is 2.45. The zero-order chi connectivity index (χ0) is 7.84. The molecule has 11 heavy (non-hydrogen) atoms. The Kier molecular flexibility index (Phi) is 1.36. The third-order valence-electron chi connectivity index (χ3n) is 1.37. The molecule has 0 bridgehead atoms. The van der Waals surface area contributed by atoms with Crippen molar-refractivity contribution in [2.24, 2.45) is 0 Å². The van der Waals surface area contributed by atoms with E-state index in [1.807, 2.05) is 0 Å². The number of hydrogen-bond donors (Lipinski definition) is 3. The summed E-state index contributed by atoms with van der Waals surface area (Å²) in [7, 11) is 0. The van der Waals surface area contributed by atoms with Gasteiger partial charge in [0.2, 0.25) is 0 Å². The van der Waals surface area contributed by atoms with E-state index in [2.05, 4.69) is 20.2 Å². The second kappa shape index (κ2) is 2.24. The summed E-state index contributed by atoms with van der Waals surface area (Å²) in [6.45, 7) is 0. The molecule has 4 nitrogen and oxygen atoms in total. The van der Waals surface area contributed by atoms with Crippen molar-refractivity contribution in [2.75, 3.05) is 0 Å². The van der Waals surface area contributed by atoms with Gasteiger partial charge in [-0.05, 0) is 0 Å². The molecule has 0 aliphatic heterocycles. The van der Waals surface area contributed by atoms with Crippen LogP contribution in [0.15, 0.2) is 6.33 Å². The predicted molar refractivity (Wildman–Crippen MR) is 46.5 cm³/mol. The summed E-state index contributed by atoms with van der Waals surface area (Å²) in [5.74, 6) is 0. The van der Waals surface area contributed by atoms with Gasteiger partial charge in [0.1, 0.15) is 20.3 Å². The van der Waals surface area contributed by atoms with E-state index in [4.69, 9.17) is 24.4 Å². The molecule has 0 unspecified atom stereocenters. The lowest BCUT2D eigenvalue weighted by molar-refractivity contribution is 1.02. The Balaban J connectivity index is 3.21. The minimum Gasteiger partial charge on any atom is -0.342 e. The predicted octanol–water partition coefficient (Wildman–Crippen LogP) is 1.68. The summed E-state index contributed by atoms with van der Waals surface area (Å²) in [4.78, 5) is 6.90. The second-order valence-electron chi connectivity index (χ2n) is 2.03. The van der Waals surface area contributed by atoms with Crippen molar-refractivity contribution in [3.05, 3.63) is 15.6 Å². The van der Waals surface area contributed by atoms with E-state index in [0.717, 1.165) is 5.52 Å². The molecule has 0 saturated heterocycles. The number of rotatable bonds is 0. The van der Waals surface area contributed by atoms with Crippen LogP contribution in [0.2, 0.25) is 0 Å². The molecule has 2 aromatic heterocycles. The van der Waals surface area contributed by atoms with Gasteiger partial charge < -0.3 is 4.98 Å². The van der Waals surface area contributed by atoms with E-state index in [-0.39, 0.29) is 0 Å². The first kappa shape index (κ1) is 6.68. The van der Waals surface area contributed by atoms with E-state index in [1.54, 1.807) is 6.33 Å². The van der Waals surface area contributed by atoms with Crippen molar-refractivity contribution in [1.82, 2.24) is 20.2 Å². The molecule has 0 amide bonds. The van der Waals surface area contributed by atoms with Gasteiger partial charge in [0.25, 0.3) is 0 Å². The van der Waals surface area contributed by atoms with Crippen molar-refractivity contribution < 1.29 is 0 Å². The quantitative estimate of drug-likeness (QED) is 0.546. The highest BCUT2D eigenvalue weighted by Crippen LogP contribution is 2.07. The molecular weight excluding hydrogens is 180 g/mol. The summed E-state index contributed by atoms with van der Waals surface area (Å²) in [6, 6.07) is 0. The van der Waals surface area contributed by atoms with Crippen LogP contribution in [0.4, 0.5) is 0 Å². The first-order valence-corrected chi connectivity index (χ1v) is 3.75. The van der Waals surface area contributed by atoms with Gasteiger partial charge in [-0.1, -0.05) is 24.4 Å². The molecule has 0 fully saturated rings. The van der Waals surface area contributed by atoms with Gasteiger partial charge in [-0.15, -0.1) is 0 Å². The number of aromatic amines is 3. The Bertz CT molecular complexity index is 447. The molecule has 0 saturated carbocycles. The Morgan fingerprint density at radius 3 is 2.64 bits per heavy atom. The lowest BCUT2D eigenvalue weighted by Crippen LogP contribution is -1.84. The fraction of sp³-hybridized carbons (Fsp3) is 0. The summed E-state index contributed by atoms with van der Waals surface area (Å²) < 4.78 is 1.15. The normalized spacial score (nSPS) is 10.5. The summed E-state index contributed by atoms with van der Waals surface area (Å²) in [5, 5.41) is 5.47. The Morgan fingerprint density at radius 2 is 1.91 bits per heavy atom. The van der Waals surface area contributed by atoms with Gasteiger partial charge in [0, 0.05) is 0 Å². The number of nitrogens with one attached hydrogen (secondary N) is 3. The van der Waals surface area contributed by atoms with Crippen molar-refractivity contribution in [2.45, 2.75) is 0 Å². The molecule has 2 heterocycles. The highest BCUT2D eigenvalue weighted by molar-refractivity contribution is 7.72. The molecule has 0 aromatic carbocycles. The highest BCUT2D eigenvalue weighted by Gasteiger charge is 1.97. The van der Waals surface area contributed by atoms with Crippen molar-refractivity contribution in [1.29, 1.82) is 0 Å². The van der Waals surface area contributed by atoms with Crippen LogP contribution in [0.25, 0.3) is 11.0 Å². The molecule has 3 N–H and O–H groups in total. The molecule has 0 spiro atoms. The topological polar surface area (TPSA) is 60.3 Å². The maximum Gasteiger partial charge on any atom is 0.146 e. The molecule has 6 heteroatoms. The fourth-order valence-electron chi connectivity index (χ4n) is 0.875. The van der Waals surface area contributed by atoms with Crippen LogP contribution in [0.5, 0.6) is 0 Å². The van der Waals surface area contributed by atoms with Crippen LogP contribution < -0.4 is 0 Å². The highest BCUT2D eigenvalue weighted by atomic mass is 32.1. The molecule has 0 atom stereocenters. The first-order chi connectivity index (χ1) is 5.29. The number of imidazole rings is 1. The Hall–Kier alpha value is -1.01. The van der Waals surface area contributed by atoms with Crippen LogP contribution in [-0.4, -0.2) is 20.2 Å². The monoisotopic (exact) mass is 184 g/mol. The SMILES string of the molecule is S=c1[nH][nH]c(=S)c2[nH]cnc12. The maximum absolute atomic E-state index is 4.96. The van der Waals surface area contributed by atoms with Crippen LogP contribution >= 0.6 is 24.4 Å². The number of fused-ring (bicyclic) bond motifs is 1. The number of aromatic nitrogens is 4. The molecule has 2 rings (SSSR count). The van der Waals surface area contributed by atoms with Gasteiger partial charge in [-0.2, -0.15) is 0 Å². The first-order valence-electron chi connectivity index (χ1n) is 2.93. The molecule has 0 aliphatic rings. The molecule has 0 radical (unpaired) electrons. The van der Waals surface area contributed by atoms with Crippen LogP contribution in [0.1, 0.15) is 0 Å². The van der Waals surface area contributed by atoms with E-state index in [1.165, 1.54) is 0 Å². The molecular formula is C5H4N4S2. The number of H-pyrrole nitrogens is 3. The van der Waals surface area contributed by atoms with Gasteiger partial charge in [0.05, 0.1) is 6.33 Å². The summed E-state index contributed by atoms with van der Waals surface area (Å²) in [6.07, 6.45) is 1.57. The van der Waals surface area contributed by atoms with E-state index >= 15 is 0 Å². The minimum absolute atomic E-state index is 0.565. The van der Waals surface area contributed by atoms with Crippen LogP contribution in [0, 0.1) is 9.28 Å². The summed E-state index contributed by atoms with van der Waals surface area (Å²) >= 11 is 9.91. The largest absolute Gasteiger partial charge is 0.342 e. The van der Waals surface area contributed by atoms with Crippen molar-refractivity contribution in [3.8, 4) is 0 Å². The number of nitrogens with zero attached hydrogens (tertiary/aromatic N) is 1. The lowest BCUT2D eigenvalue weighted by atomic mass is 10.5. The van der Waals surface area contributed by atoms with Crippen LogP contribution in [-0.2, 0) is 0 Å². The second-order valence-corrected chi connectivity index (χ2v) is 2.85. The van der Waals surface area contributed by atoms with E-state index in [9.17, 15) is 0 Å². The third kappa shape index (κ3) is 0.908. The van der Waals surface area contributed by atoms with Crippen LogP contribution in [0.3, 0.4) is 0 Å². The van der Waals surface area contributed by atoms with Gasteiger partial charge in [-0.25, -0.2) is 4.98 Å². The maximum atomic E-state index is 4.96. The van der Waals surface area contributed by atoms with Gasteiger partial charge in [-0.3, -0.25) is 10.2 Å². The molecule has 2 aromatic rings. The summed E-state index contributed by atoms with van der Waals surface area (Å²) in [5.41, 5.74) is 1.49. The zero-order valence-corrected chi connectivity index (χ0v) is 6.97. The smallest absolute Gasteiger partial charge is 0.146 e. The Labute approximate surface area is 71.7 Å². The van der Waals surface area contributed by atoms with Crippen molar-refractivity contribution in [3.63, 3.8) is 0 Å². The minimum atomic E-state index is 0.565. The molecule has 56 valence electrons. The number of hydrogen-bond acceptors (Lipinski definition) is 3. The Morgan fingerprint density at radius 1 is 1.18 bits per heavy atom. The fourth-order valence-corrected chi connectivity index (χ4v) is 1.29. The standard InChI is InChI=1S/C5H4N4S2/c10-4-2-3(7-1-6-2)5(11)9-8-4/h1H,(H,6,7)(H,8,10)(H,9,11). The zero-order valence-electron chi connectivity index (χ0n) is 5.34. The third-order valence-corrected chi connectivity index (χ3v) is 1.97.